The molecule has 0 saturated carbocycles. The minimum atomic E-state index is -2.76. The summed E-state index contributed by atoms with van der Waals surface area (Å²) < 4.78 is 10.8. The van der Waals surface area contributed by atoms with Crippen LogP contribution in [0, 0.1) is 18.3 Å². The van der Waals surface area contributed by atoms with Crippen LogP contribution < -0.4 is 0 Å². The molecule has 50 valence electrons. The van der Waals surface area contributed by atoms with Gasteiger partial charge in [0.2, 0.25) is 7.37 Å². The minimum absolute atomic E-state index is 0.0563. The second kappa shape index (κ2) is 2.17. The van der Waals surface area contributed by atoms with Gasteiger partial charge in [-0.15, -0.1) is 12.3 Å². The normalized spacial score (nSPS) is 42.4. The van der Waals surface area contributed by atoms with Crippen molar-refractivity contribution in [3.63, 3.8) is 0 Å². The van der Waals surface area contributed by atoms with Crippen LogP contribution in [-0.4, -0.2) is 17.2 Å². The fourth-order valence-corrected chi connectivity index (χ4v) is 2.89. The van der Waals surface area contributed by atoms with E-state index in [4.69, 9.17) is 11.3 Å². The molecule has 2 unspecified atom stereocenters. The molecule has 1 N–H and O–H groups in total. The average Bonchev–Trinajstić information content (AvgIpc) is 2.10. The maximum Gasteiger partial charge on any atom is 0.201 e. The van der Waals surface area contributed by atoms with Gasteiger partial charge >= 0.3 is 0 Å². The molecule has 2 nitrogen and oxygen atoms in total. The fourth-order valence-electron chi connectivity index (χ4n) is 1.02. The van der Waals surface area contributed by atoms with Crippen molar-refractivity contribution in [2.75, 3.05) is 12.3 Å². The van der Waals surface area contributed by atoms with E-state index in [0.717, 1.165) is 6.42 Å². The van der Waals surface area contributed by atoms with Crippen molar-refractivity contribution in [1.29, 1.82) is 0 Å². The summed E-state index contributed by atoms with van der Waals surface area (Å²) in [4.78, 5) is 8.96. The van der Waals surface area contributed by atoms with E-state index in [2.05, 4.69) is 5.92 Å². The predicted molar refractivity (Wildman–Crippen MR) is 36.5 cm³/mol. The molecule has 0 spiro atoms. The van der Waals surface area contributed by atoms with Crippen LogP contribution in [0.4, 0.5) is 0 Å². The summed E-state index contributed by atoms with van der Waals surface area (Å²) in [6.07, 6.45) is 6.55. The smallest absolute Gasteiger partial charge is 0.201 e. The summed E-state index contributed by atoms with van der Waals surface area (Å²) in [5.74, 6) is 2.54. The molecule has 3 heteroatoms. The Bertz CT molecular complexity index is 192. The van der Waals surface area contributed by atoms with Gasteiger partial charge in [0.05, 0.1) is 0 Å². The van der Waals surface area contributed by atoms with Crippen LogP contribution in [0.2, 0.25) is 0 Å². The molecule has 0 amide bonds. The van der Waals surface area contributed by atoms with Crippen molar-refractivity contribution >= 4 is 7.37 Å². The van der Waals surface area contributed by atoms with Crippen molar-refractivity contribution in [2.24, 2.45) is 5.92 Å². The van der Waals surface area contributed by atoms with Gasteiger partial charge in [-0.3, -0.25) is 4.57 Å². The third kappa shape index (κ3) is 1.58. The van der Waals surface area contributed by atoms with E-state index in [9.17, 15) is 4.57 Å². The van der Waals surface area contributed by atoms with Crippen LogP contribution >= 0.6 is 7.37 Å². The first-order valence-electron chi connectivity index (χ1n) is 2.91. The largest absolute Gasteiger partial charge is 0.344 e. The summed E-state index contributed by atoms with van der Waals surface area (Å²) in [6.45, 7) is 0. The molecular formula is C6H9O2P. The Morgan fingerprint density at radius 2 is 2.44 bits per heavy atom. The Labute approximate surface area is 54.7 Å². The first-order chi connectivity index (χ1) is 4.14. The zero-order chi connectivity index (χ0) is 6.91. The maximum absolute atomic E-state index is 10.8. The quantitative estimate of drug-likeness (QED) is 0.405. The molecule has 1 aliphatic rings. The van der Waals surface area contributed by atoms with E-state index in [1.54, 1.807) is 0 Å². The molecule has 1 fully saturated rings. The molecule has 0 aromatic heterocycles. The Hall–Kier alpha value is -0.250. The monoisotopic (exact) mass is 144 g/mol. The molecule has 9 heavy (non-hydrogen) atoms. The van der Waals surface area contributed by atoms with Crippen LogP contribution in [0.25, 0.3) is 0 Å². The van der Waals surface area contributed by atoms with Gasteiger partial charge in [-0.25, -0.2) is 0 Å². The highest BCUT2D eigenvalue weighted by molar-refractivity contribution is 7.58. The van der Waals surface area contributed by atoms with Crippen LogP contribution in [0.3, 0.4) is 0 Å². The number of hydrogen-bond acceptors (Lipinski definition) is 1. The SMILES string of the molecule is C#CC1CCP(=O)(O)C1. The van der Waals surface area contributed by atoms with Crippen molar-refractivity contribution in [1.82, 2.24) is 0 Å². The zero-order valence-electron chi connectivity index (χ0n) is 5.08. The molecule has 0 aliphatic carbocycles. The van der Waals surface area contributed by atoms with Crippen molar-refractivity contribution in [3.05, 3.63) is 0 Å². The molecule has 0 aromatic rings. The molecule has 0 radical (unpaired) electrons. The van der Waals surface area contributed by atoms with E-state index < -0.39 is 7.37 Å². The third-order valence-electron chi connectivity index (χ3n) is 1.57. The lowest BCUT2D eigenvalue weighted by molar-refractivity contribution is 0.484. The van der Waals surface area contributed by atoms with Gasteiger partial charge in [0, 0.05) is 18.2 Å². The zero-order valence-corrected chi connectivity index (χ0v) is 5.97. The van der Waals surface area contributed by atoms with Gasteiger partial charge in [0.15, 0.2) is 0 Å². The lowest BCUT2D eigenvalue weighted by atomic mass is 10.1. The van der Waals surface area contributed by atoms with Crippen molar-refractivity contribution < 1.29 is 9.46 Å². The summed E-state index contributed by atoms with van der Waals surface area (Å²) >= 11 is 0. The van der Waals surface area contributed by atoms with Crippen molar-refractivity contribution in [2.45, 2.75) is 6.42 Å². The Morgan fingerprint density at radius 1 is 1.78 bits per heavy atom. The van der Waals surface area contributed by atoms with Gasteiger partial charge < -0.3 is 4.89 Å². The van der Waals surface area contributed by atoms with Crippen LogP contribution in [-0.2, 0) is 4.57 Å². The van der Waals surface area contributed by atoms with E-state index in [1.165, 1.54) is 0 Å². The second-order valence-electron chi connectivity index (χ2n) is 2.40. The molecule has 2 atom stereocenters. The molecular weight excluding hydrogens is 135 g/mol. The highest BCUT2D eigenvalue weighted by Gasteiger charge is 2.30. The average molecular weight is 144 g/mol. The summed E-state index contributed by atoms with van der Waals surface area (Å²) in [5, 5.41) is 0. The summed E-state index contributed by atoms with van der Waals surface area (Å²) in [7, 11) is -2.76. The maximum atomic E-state index is 10.8. The number of terminal acetylenes is 1. The second-order valence-corrected chi connectivity index (χ2v) is 4.91. The molecule has 1 rings (SSSR count). The lowest BCUT2D eigenvalue weighted by Gasteiger charge is -1.98. The number of hydrogen-bond donors (Lipinski definition) is 1. The van der Waals surface area contributed by atoms with E-state index in [0.29, 0.717) is 12.3 Å². The van der Waals surface area contributed by atoms with Gasteiger partial charge in [0.25, 0.3) is 0 Å². The standard InChI is InChI=1S/C6H9O2P/c1-2-6-3-4-9(7,8)5-6/h1,6H,3-5H2,(H,7,8). The van der Waals surface area contributed by atoms with Gasteiger partial charge in [-0.2, -0.15) is 0 Å². The van der Waals surface area contributed by atoms with E-state index in [1.807, 2.05) is 0 Å². The first-order valence-corrected chi connectivity index (χ1v) is 4.94. The molecule has 1 heterocycles. The van der Waals surface area contributed by atoms with E-state index >= 15 is 0 Å². The minimum Gasteiger partial charge on any atom is -0.344 e. The van der Waals surface area contributed by atoms with Crippen LogP contribution in [0.5, 0.6) is 0 Å². The van der Waals surface area contributed by atoms with Gasteiger partial charge in [-0.05, 0) is 6.42 Å². The molecule has 1 saturated heterocycles. The highest BCUT2D eigenvalue weighted by Crippen LogP contribution is 2.49. The fraction of sp³-hybridized carbons (Fsp3) is 0.667. The highest BCUT2D eigenvalue weighted by atomic mass is 31.2. The first kappa shape index (κ1) is 6.86. The molecule has 1 aliphatic heterocycles. The summed E-state index contributed by atoms with van der Waals surface area (Å²) in [6, 6.07) is 0. The van der Waals surface area contributed by atoms with Crippen LogP contribution in [0.15, 0.2) is 0 Å². The topological polar surface area (TPSA) is 37.3 Å². The third-order valence-corrected chi connectivity index (χ3v) is 3.54. The molecule has 0 aromatic carbocycles. The lowest BCUT2D eigenvalue weighted by Crippen LogP contribution is -1.91. The van der Waals surface area contributed by atoms with Crippen molar-refractivity contribution in [3.8, 4) is 12.3 Å². The Kier molecular flexibility index (Phi) is 1.66. The van der Waals surface area contributed by atoms with Gasteiger partial charge in [-0.1, -0.05) is 0 Å². The Balaban J connectivity index is 2.60. The Morgan fingerprint density at radius 3 is 2.67 bits per heavy atom. The summed E-state index contributed by atoms with van der Waals surface area (Å²) in [5.41, 5.74) is 0. The van der Waals surface area contributed by atoms with Crippen LogP contribution in [0.1, 0.15) is 6.42 Å². The number of rotatable bonds is 0. The van der Waals surface area contributed by atoms with Gasteiger partial charge in [0.1, 0.15) is 0 Å². The molecule has 0 bridgehead atoms. The predicted octanol–water partition coefficient (Wildman–Crippen LogP) is 0.910. The van der Waals surface area contributed by atoms with E-state index in [-0.39, 0.29) is 5.92 Å².